The number of hydrogen-bond donors (Lipinski definition) is 2. The Balaban J connectivity index is 3.31. The highest BCUT2D eigenvalue weighted by molar-refractivity contribution is 9.10. The molecule has 0 aromatic heterocycles. The maximum atomic E-state index is 9.06. The molecule has 0 heterocycles. The van der Waals surface area contributed by atoms with Gasteiger partial charge in [0, 0.05) is 4.47 Å². The summed E-state index contributed by atoms with van der Waals surface area (Å²) < 4.78 is 0.764. The zero-order chi connectivity index (χ0) is 7.72. The Kier molecular flexibility index (Phi) is 1.85. The quantitative estimate of drug-likeness (QED) is 0.634. The second-order valence-electron chi connectivity index (χ2n) is 2.09. The van der Waals surface area contributed by atoms with Crippen LogP contribution in [-0.4, -0.2) is 10.2 Å². The monoisotopic (exact) mass is 202 g/mol. The van der Waals surface area contributed by atoms with Crippen LogP contribution >= 0.6 is 15.9 Å². The number of halogens is 1. The third-order valence-corrected chi connectivity index (χ3v) is 1.70. The molecule has 0 bridgehead atoms. The van der Waals surface area contributed by atoms with Gasteiger partial charge in [0.05, 0.1) is 0 Å². The standard InChI is InChI=1S/C7H7BrO2/c1-4-2-5(8)3-6(9)7(4)10/h2-3,9-10H,1H3. The number of hydrogen-bond acceptors (Lipinski definition) is 2. The largest absolute Gasteiger partial charge is 0.504 e. The van der Waals surface area contributed by atoms with Gasteiger partial charge < -0.3 is 10.2 Å². The second-order valence-corrected chi connectivity index (χ2v) is 3.01. The average molecular weight is 203 g/mol. The Morgan fingerprint density at radius 1 is 1.30 bits per heavy atom. The number of benzene rings is 1. The van der Waals surface area contributed by atoms with Crippen LogP contribution < -0.4 is 0 Å². The first kappa shape index (κ1) is 7.41. The number of rotatable bonds is 0. The van der Waals surface area contributed by atoms with Crippen molar-refractivity contribution in [2.24, 2.45) is 0 Å². The molecule has 0 aliphatic heterocycles. The summed E-state index contributed by atoms with van der Waals surface area (Å²) in [6.07, 6.45) is 0. The molecule has 0 saturated carbocycles. The van der Waals surface area contributed by atoms with Gasteiger partial charge in [0.1, 0.15) is 0 Å². The molecule has 10 heavy (non-hydrogen) atoms. The summed E-state index contributed by atoms with van der Waals surface area (Å²) in [6.45, 7) is 1.72. The van der Waals surface area contributed by atoms with E-state index in [0.29, 0.717) is 5.56 Å². The van der Waals surface area contributed by atoms with Gasteiger partial charge in [-0.05, 0) is 24.6 Å². The van der Waals surface area contributed by atoms with E-state index in [-0.39, 0.29) is 11.5 Å². The van der Waals surface area contributed by atoms with Crippen molar-refractivity contribution in [2.75, 3.05) is 0 Å². The molecule has 2 nitrogen and oxygen atoms in total. The van der Waals surface area contributed by atoms with E-state index in [1.807, 2.05) is 0 Å². The summed E-state index contributed by atoms with van der Waals surface area (Å²) in [7, 11) is 0. The van der Waals surface area contributed by atoms with Gasteiger partial charge in [-0.15, -0.1) is 0 Å². The van der Waals surface area contributed by atoms with Crippen LogP contribution in [0, 0.1) is 6.92 Å². The molecule has 0 aliphatic rings. The first-order valence-electron chi connectivity index (χ1n) is 2.79. The van der Waals surface area contributed by atoms with E-state index in [0.717, 1.165) is 4.47 Å². The normalized spacial score (nSPS) is 9.80. The summed E-state index contributed by atoms with van der Waals surface area (Å²) >= 11 is 3.18. The zero-order valence-electron chi connectivity index (χ0n) is 5.43. The molecule has 1 aromatic carbocycles. The SMILES string of the molecule is Cc1cc(Br)cc(O)c1O. The van der Waals surface area contributed by atoms with Crippen molar-refractivity contribution < 1.29 is 10.2 Å². The summed E-state index contributed by atoms with van der Waals surface area (Å²) in [5.74, 6) is -0.143. The highest BCUT2D eigenvalue weighted by Gasteiger charge is 2.02. The smallest absolute Gasteiger partial charge is 0.160 e. The predicted molar refractivity (Wildman–Crippen MR) is 42.2 cm³/mol. The lowest BCUT2D eigenvalue weighted by Crippen LogP contribution is -1.75. The van der Waals surface area contributed by atoms with Crippen LogP contribution in [0.2, 0.25) is 0 Å². The molecule has 0 fully saturated rings. The van der Waals surface area contributed by atoms with Gasteiger partial charge in [-0.3, -0.25) is 0 Å². The molecular weight excluding hydrogens is 196 g/mol. The molecule has 3 heteroatoms. The Morgan fingerprint density at radius 3 is 2.40 bits per heavy atom. The Hall–Kier alpha value is -0.700. The Bertz CT molecular complexity index is 235. The van der Waals surface area contributed by atoms with E-state index in [1.54, 1.807) is 13.0 Å². The molecule has 54 valence electrons. The minimum atomic E-state index is -0.0909. The van der Waals surface area contributed by atoms with Crippen LogP contribution in [0.4, 0.5) is 0 Å². The van der Waals surface area contributed by atoms with E-state index < -0.39 is 0 Å². The van der Waals surface area contributed by atoms with E-state index in [4.69, 9.17) is 10.2 Å². The second kappa shape index (κ2) is 2.50. The Labute approximate surface area is 67.3 Å². The van der Waals surface area contributed by atoms with E-state index >= 15 is 0 Å². The van der Waals surface area contributed by atoms with Gasteiger partial charge in [-0.25, -0.2) is 0 Å². The van der Waals surface area contributed by atoms with Crippen LogP contribution in [0.5, 0.6) is 11.5 Å². The van der Waals surface area contributed by atoms with Gasteiger partial charge in [0.2, 0.25) is 0 Å². The molecule has 0 atom stereocenters. The molecule has 0 saturated heterocycles. The third-order valence-electron chi connectivity index (χ3n) is 1.25. The molecule has 0 unspecified atom stereocenters. The zero-order valence-corrected chi connectivity index (χ0v) is 7.01. The van der Waals surface area contributed by atoms with Crippen LogP contribution in [0.3, 0.4) is 0 Å². The number of phenols is 2. The van der Waals surface area contributed by atoms with E-state index in [2.05, 4.69) is 15.9 Å². The van der Waals surface area contributed by atoms with Crippen molar-refractivity contribution in [2.45, 2.75) is 6.92 Å². The van der Waals surface area contributed by atoms with E-state index in [9.17, 15) is 0 Å². The van der Waals surface area contributed by atoms with Crippen molar-refractivity contribution in [3.05, 3.63) is 22.2 Å². The molecule has 1 aromatic rings. The number of aromatic hydroxyl groups is 2. The molecular formula is C7H7BrO2. The minimum absolute atomic E-state index is 0.0526. The minimum Gasteiger partial charge on any atom is -0.504 e. The maximum Gasteiger partial charge on any atom is 0.160 e. The lowest BCUT2D eigenvalue weighted by atomic mass is 10.2. The summed E-state index contributed by atoms with van der Waals surface area (Å²) in [5, 5.41) is 18.1. The summed E-state index contributed by atoms with van der Waals surface area (Å²) in [4.78, 5) is 0. The number of aryl methyl sites for hydroxylation is 1. The molecule has 0 spiro atoms. The van der Waals surface area contributed by atoms with Crippen molar-refractivity contribution in [3.63, 3.8) is 0 Å². The van der Waals surface area contributed by atoms with Crippen LogP contribution in [-0.2, 0) is 0 Å². The topological polar surface area (TPSA) is 40.5 Å². The molecule has 1 rings (SSSR count). The third kappa shape index (κ3) is 1.24. The van der Waals surface area contributed by atoms with Gasteiger partial charge in [-0.1, -0.05) is 15.9 Å². The van der Waals surface area contributed by atoms with Crippen LogP contribution in [0.15, 0.2) is 16.6 Å². The van der Waals surface area contributed by atoms with Crippen molar-refractivity contribution in [1.29, 1.82) is 0 Å². The van der Waals surface area contributed by atoms with Gasteiger partial charge in [0.15, 0.2) is 11.5 Å². The molecule has 2 N–H and O–H groups in total. The summed E-state index contributed by atoms with van der Waals surface area (Å²) in [6, 6.07) is 3.18. The molecule has 0 amide bonds. The van der Waals surface area contributed by atoms with Gasteiger partial charge in [-0.2, -0.15) is 0 Å². The van der Waals surface area contributed by atoms with E-state index in [1.165, 1.54) is 6.07 Å². The lowest BCUT2D eigenvalue weighted by Gasteiger charge is -2.00. The predicted octanol–water partition coefficient (Wildman–Crippen LogP) is 2.17. The van der Waals surface area contributed by atoms with Crippen molar-refractivity contribution in [1.82, 2.24) is 0 Å². The van der Waals surface area contributed by atoms with Crippen molar-refractivity contribution >= 4 is 15.9 Å². The highest BCUT2D eigenvalue weighted by atomic mass is 79.9. The first-order chi connectivity index (χ1) is 4.61. The Morgan fingerprint density at radius 2 is 1.90 bits per heavy atom. The fourth-order valence-corrected chi connectivity index (χ4v) is 1.28. The fourth-order valence-electron chi connectivity index (χ4n) is 0.718. The lowest BCUT2D eigenvalue weighted by molar-refractivity contribution is 0.401. The maximum absolute atomic E-state index is 9.06. The van der Waals surface area contributed by atoms with Crippen LogP contribution in [0.25, 0.3) is 0 Å². The number of phenolic OH excluding ortho intramolecular Hbond substituents is 2. The van der Waals surface area contributed by atoms with Crippen LogP contribution in [0.1, 0.15) is 5.56 Å². The summed E-state index contributed by atoms with van der Waals surface area (Å²) in [5.41, 5.74) is 0.659. The molecule has 0 aliphatic carbocycles. The van der Waals surface area contributed by atoms with Gasteiger partial charge >= 0.3 is 0 Å². The molecule has 0 radical (unpaired) electrons. The van der Waals surface area contributed by atoms with Crippen molar-refractivity contribution in [3.8, 4) is 11.5 Å². The first-order valence-corrected chi connectivity index (χ1v) is 3.58. The van der Waals surface area contributed by atoms with Gasteiger partial charge in [0.25, 0.3) is 0 Å². The average Bonchev–Trinajstić information content (AvgIpc) is 1.82. The fraction of sp³-hybridized carbons (Fsp3) is 0.143. The highest BCUT2D eigenvalue weighted by Crippen LogP contribution is 2.31.